The van der Waals surface area contributed by atoms with Crippen molar-refractivity contribution in [2.75, 3.05) is 31.1 Å². The Bertz CT molecular complexity index is 937. The second-order valence-electron chi connectivity index (χ2n) is 7.03. The number of nitro benzene ring substituents is 1. The van der Waals surface area contributed by atoms with Crippen LogP contribution in [0.2, 0.25) is 0 Å². The van der Waals surface area contributed by atoms with Gasteiger partial charge < -0.3 is 15.1 Å². The van der Waals surface area contributed by atoms with Crippen LogP contribution in [-0.4, -0.2) is 53.9 Å². The minimum atomic E-state index is -0.657. The molecule has 2 aromatic carbocycles. The Balaban J connectivity index is 1.53. The lowest BCUT2D eigenvalue weighted by Crippen LogP contribution is -2.54. The van der Waals surface area contributed by atoms with Crippen LogP contribution in [0.1, 0.15) is 12.5 Å². The van der Waals surface area contributed by atoms with Crippen LogP contribution in [0.15, 0.2) is 60.7 Å². The van der Waals surface area contributed by atoms with Gasteiger partial charge in [0.25, 0.3) is 5.69 Å². The van der Waals surface area contributed by atoms with Gasteiger partial charge in [-0.05, 0) is 24.6 Å². The molecule has 1 N–H and O–H groups in total. The summed E-state index contributed by atoms with van der Waals surface area (Å²) in [6.07, 6.45) is 3.10. The minimum absolute atomic E-state index is 0.0584. The highest BCUT2D eigenvalue weighted by Gasteiger charge is 2.28. The summed E-state index contributed by atoms with van der Waals surface area (Å²) in [5, 5.41) is 13.9. The van der Waals surface area contributed by atoms with E-state index in [1.165, 1.54) is 12.1 Å². The van der Waals surface area contributed by atoms with Gasteiger partial charge in [0, 0.05) is 38.3 Å². The van der Waals surface area contributed by atoms with Crippen LogP contribution in [0.5, 0.6) is 0 Å². The van der Waals surface area contributed by atoms with Crippen LogP contribution in [0, 0.1) is 10.1 Å². The van der Waals surface area contributed by atoms with E-state index in [0.717, 1.165) is 5.56 Å². The number of anilines is 1. The molecule has 0 aliphatic carbocycles. The molecule has 1 aliphatic rings. The number of nitrogens with zero attached hydrogens (tertiary/aromatic N) is 3. The lowest BCUT2D eigenvalue weighted by molar-refractivity contribution is -0.384. The molecule has 3 rings (SSSR count). The van der Waals surface area contributed by atoms with Gasteiger partial charge in [-0.1, -0.05) is 42.5 Å². The molecule has 0 saturated carbocycles. The fourth-order valence-corrected chi connectivity index (χ4v) is 3.39. The zero-order valence-corrected chi connectivity index (χ0v) is 16.7. The molecule has 30 heavy (non-hydrogen) atoms. The summed E-state index contributed by atoms with van der Waals surface area (Å²) in [5.74, 6) is -0.503. The first-order valence-electron chi connectivity index (χ1n) is 9.76. The molecule has 1 fully saturated rings. The molecule has 1 heterocycles. The highest BCUT2D eigenvalue weighted by molar-refractivity contribution is 5.95. The quantitative estimate of drug-likeness (QED) is 0.450. The van der Waals surface area contributed by atoms with Crippen LogP contribution in [0.4, 0.5) is 11.4 Å². The van der Waals surface area contributed by atoms with Gasteiger partial charge in [0.15, 0.2) is 0 Å². The molecule has 1 atom stereocenters. The fourth-order valence-electron chi connectivity index (χ4n) is 3.39. The Morgan fingerprint density at radius 1 is 1.03 bits per heavy atom. The van der Waals surface area contributed by atoms with Crippen LogP contribution < -0.4 is 10.2 Å². The van der Waals surface area contributed by atoms with Crippen molar-refractivity contribution in [2.45, 2.75) is 13.0 Å². The molecule has 1 saturated heterocycles. The number of rotatable bonds is 6. The molecule has 2 amide bonds. The number of nitro groups is 1. The largest absolute Gasteiger partial charge is 0.362 e. The molecule has 0 unspecified atom stereocenters. The highest BCUT2D eigenvalue weighted by atomic mass is 16.6. The van der Waals surface area contributed by atoms with Crippen molar-refractivity contribution in [3.8, 4) is 0 Å². The predicted molar refractivity (Wildman–Crippen MR) is 115 cm³/mol. The van der Waals surface area contributed by atoms with Crippen molar-refractivity contribution >= 4 is 29.3 Å². The van der Waals surface area contributed by atoms with E-state index in [2.05, 4.69) is 5.32 Å². The molecule has 0 bridgehead atoms. The summed E-state index contributed by atoms with van der Waals surface area (Å²) >= 11 is 0. The Kier molecular flexibility index (Phi) is 6.79. The molecule has 0 spiro atoms. The van der Waals surface area contributed by atoms with E-state index in [1.54, 1.807) is 36.1 Å². The maximum Gasteiger partial charge on any atom is 0.292 e. The Morgan fingerprint density at radius 2 is 1.67 bits per heavy atom. The maximum absolute atomic E-state index is 12.7. The molecule has 2 aromatic rings. The van der Waals surface area contributed by atoms with Crippen LogP contribution in [0.3, 0.4) is 0 Å². The normalized spacial score (nSPS) is 15.1. The standard InChI is InChI=1S/C22H24N4O4/c1-17(23-21(27)12-11-18-7-3-2-4-8-18)22(28)25-15-13-24(14-16-25)19-9-5-6-10-20(19)26(29)30/h2-12,17H,13-16H2,1H3,(H,23,27)/b12-11+/t17-/m0/s1. The first kappa shape index (κ1) is 21.0. The first-order chi connectivity index (χ1) is 14.5. The lowest BCUT2D eigenvalue weighted by Gasteiger charge is -2.36. The number of hydrogen-bond donors (Lipinski definition) is 1. The Morgan fingerprint density at radius 3 is 2.33 bits per heavy atom. The molecular formula is C22H24N4O4. The maximum atomic E-state index is 12.7. The SMILES string of the molecule is C[C@H](NC(=O)/C=C/c1ccccc1)C(=O)N1CCN(c2ccccc2[N+](=O)[O-])CC1. The summed E-state index contributed by atoms with van der Waals surface area (Å²) in [5.41, 5.74) is 1.52. The third-order valence-corrected chi connectivity index (χ3v) is 4.97. The summed E-state index contributed by atoms with van der Waals surface area (Å²) in [7, 11) is 0. The van der Waals surface area contributed by atoms with Gasteiger partial charge in [0.1, 0.15) is 11.7 Å². The summed E-state index contributed by atoms with van der Waals surface area (Å²) < 4.78 is 0. The van der Waals surface area contributed by atoms with Crippen molar-refractivity contribution in [3.05, 3.63) is 76.4 Å². The van der Waals surface area contributed by atoms with Gasteiger partial charge in [-0.25, -0.2) is 0 Å². The lowest BCUT2D eigenvalue weighted by atomic mass is 10.2. The van der Waals surface area contributed by atoms with Crippen LogP contribution >= 0.6 is 0 Å². The predicted octanol–water partition coefficient (Wildman–Crippen LogP) is 2.46. The van der Waals surface area contributed by atoms with Gasteiger partial charge >= 0.3 is 0 Å². The number of carbonyl (C=O) groups excluding carboxylic acids is 2. The van der Waals surface area contributed by atoms with Crippen LogP contribution in [0.25, 0.3) is 6.08 Å². The second-order valence-corrected chi connectivity index (χ2v) is 7.03. The van der Waals surface area contributed by atoms with E-state index < -0.39 is 11.0 Å². The number of benzene rings is 2. The van der Waals surface area contributed by atoms with Gasteiger partial charge in [-0.15, -0.1) is 0 Å². The number of amides is 2. The minimum Gasteiger partial charge on any atom is -0.362 e. The average molecular weight is 408 g/mol. The summed E-state index contributed by atoms with van der Waals surface area (Å²) in [6.45, 7) is 3.51. The van der Waals surface area contributed by atoms with E-state index in [0.29, 0.717) is 31.9 Å². The summed E-state index contributed by atoms with van der Waals surface area (Å²) in [4.78, 5) is 39.2. The van der Waals surface area contributed by atoms with Crippen molar-refractivity contribution in [1.29, 1.82) is 0 Å². The van der Waals surface area contributed by atoms with Gasteiger partial charge in [-0.2, -0.15) is 0 Å². The zero-order valence-electron chi connectivity index (χ0n) is 16.7. The average Bonchev–Trinajstić information content (AvgIpc) is 2.78. The number of nitrogens with one attached hydrogen (secondary N) is 1. The molecule has 8 heteroatoms. The molecule has 0 aromatic heterocycles. The van der Waals surface area contributed by atoms with Gasteiger partial charge in [0.05, 0.1) is 4.92 Å². The van der Waals surface area contributed by atoms with Crippen molar-refractivity contribution in [3.63, 3.8) is 0 Å². The van der Waals surface area contributed by atoms with E-state index in [9.17, 15) is 19.7 Å². The van der Waals surface area contributed by atoms with Crippen molar-refractivity contribution in [2.24, 2.45) is 0 Å². The number of hydrogen-bond acceptors (Lipinski definition) is 5. The highest BCUT2D eigenvalue weighted by Crippen LogP contribution is 2.28. The molecule has 8 nitrogen and oxygen atoms in total. The molecule has 0 radical (unpaired) electrons. The van der Waals surface area contributed by atoms with E-state index in [-0.39, 0.29) is 17.5 Å². The number of para-hydroxylation sites is 2. The zero-order chi connectivity index (χ0) is 21.5. The molecular weight excluding hydrogens is 384 g/mol. The van der Waals surface area contributed by atoms with Gasteiger partial charge in [-0.3, -0.25) is 19.7 Å². The fraction of sp³-hybridized carbons (Fsp3) is 0.273. The van der Waals surface area contributed by atoms with Crippen molar-refractivity contribution in [1.82, 2.24) is 10.2 Å². The molecule has 156 valence electrons. The van der Waals surface area contributed by atoms with Crippen LogP contribution in [-0.2, 0) is 9.59 Å². The third kappa shape index (κ3) is 5.22. The topological polar surface area (TPSA) is 95.8 Å². The number of carbonyl (C=O) groups is 2. The van der Waals surface area contributed by atoms with Gasteiger partial charge in [0.2, 0.25) is 11.8 Å². The first-order valence-corrected chi connectivity index (χ1v) is 9.76. The Hall–Kier alpha value is -3.68. The van der Waals surface area contributed by atoms with E-state index >= 15 is 0 Å². The van der Waals surface area contributed by atoms with E-state index in [4.69, 9.17) is 0 Å². The van der Waals surface area contributed by atoms with Crippen molar-refractivity contribution < 1.29 is 14.5 Å². The van der Waals surface area contributed by atoms with E-state index in [1.807, 2.05) is 35.2 Å². The second kappa shape index (κ2) is 9.69. The number of piperazine rings is 1. The summed E-state index contributed by atoms with van der Waals surface area (Å²) in [6, 6.07) is 15.4. The molecule has 1 aliphatic heterocycles. The monoisotopic (exact) mass is 408 g/mol. The Labute approximate surface area is 174 Å². The third-order valence-electron chi connectivity index (χ3n) is 4.97. The smallest absolute Gasteiger partial charge is 0.292 e.